The number of hydrogen-bond acceptors (Lipinski definition) is 4. The largest absolute Gasteiger partial charge is 0.339 e. The lowest BCUT2D eigenvalue weighted by Gasteiger charge is -2.07. The van der Waals surface area contributed by atoms with E-state index in [2.05, 4.69) is 29.3 Å². The second kappa shape index (κ2) is 4.21. The summed E-state index contributed by atoms with van der Waals surface area (Å²) in [4.78, 5) is 4.12. The Balaban J connectivity index is 2.41. The Hall–Kier alpha value is -0.900. The topological polar surface area (TPSA) is 51.0 Å². The van der Waals surface area contributed by atoms with Crippen LogP contribution in [0.2, 0.25) is 0 Å². The maximum Gasteiger partial charge on any atom is 0.228 e. The molecule has 68 valence electrons. The van der Waals surface area contributed by atoms with Crippen LogP contribution >= 0.6 is 0 Å². The Morgan fingerprint density at radius 2 is 2.33 bits per heavy atom. The van der Waals surface area contributed by atoms with E-state index in [-0.39, 0.29) is 0 Å². The van der Waals surface area contributed by atoms with Gasteiger partial charge in [-0.2, -0.15) is 4.98 Å². The van der Waals surface area contributed by atoms with Crippen LogP contribution in [0.3, 0.4) is 0 Å². The third kappa shape index (κ3) is 2.62. The molecule has 1 aromatic heterocycles. The van der Waals surface area contributed by atoms with Crippen LogP contribution in [0.25, 0.3) is 0 Å². The summed E-state index contributed by atoms with van der Waals surface area (Å²) in [5, 5.41) is 6.99. The minimum absolute atomic E-state index is 0.398. The van der Waals surface area contributed by atoms with E-state index < -0.39 is 0 Å². The van der Waals surface area contributed by atoms with Crippen molar-refractivity contribution in [2.24, 2.45) is 0 Å². The molecule has 0 unspecified atom stereocenters. The molecule has 0 amide bonds. The van der Waals surface area contributed by atoms with Crippen molar-refractivity contribution >= 4 is 0 Å². The normalized spacial score (nSPS) is 13.2. The first-order valence-electron chi connectivity index (χ1n) is 4.25. The van der Waals surface area contributed by atoms with E-state index in [1.54, 1.807) is 0 Å². The van der Waals surface area contributed by atoms with Gasteiger partial charge in [-0.3, -0.25) is 0 Å². The van der Waals surface area contributed by atoms with E-state index in [0.29, 0.717) is 17.8 Å². The van der Waals surface area contributed by atoms with Gasteiger partial charge in [-0.15, -0.1) is 0 Å². The summed E-state index contributed by atoms with van der Waals surface area (Å²) in [6.45, 7) is 6.97. The number of likely N-dealkylation sites (N-methyl/N-ethyl adjacent to an activating group) is 1. The Labute approximate surface area is 72.4 Å². The van der Waals surface area contributed by atoms with Gasteiger partial charge in [0.15, 0.2) is 5.82 Å². The van der Waals surface area contributed by atoms with Crippen molar-refractivity contribution < 1.29 is 4.52 Å². The van der Waals surface area contributed by atoms with Gasteiger partial charge in [0.1, 0.15) is 0 Å². The highest BCUT2D eigenvalue weighted by Gasteiger charge is 2.07. The highest BCUT2D eigenvalue weighted by Crippen LogP contribution is 1.99. The first-order valence-corrected chi connectivity index (χ1v) is 4.25. The highest BCUT2D eigenvalue weighted by atomic mass is 16.5. The molecule has 0 radical (unpaired) electrons. The lowest BCUT2D eigenvalue weighted by Crippen LogP contribution is -2.27. The highest BCUT2D eigenvalue weighted by molar-refractivity contribution is 4.85. The van der Waals surface area contributed by atoms with Crippen molar-refractivity contribution in [3.8, 4) is 0 Å². The summed E-state index contributed by atoms with van der Waals surface area (Å²) in [6.07, 6.45) is 0.800. The maximum atomic E-state index is 4.98. The first-order chi connectivity index (χ1) is 5.72. The van der Waals surface area contributed by atoms with Gasteiger partial charge in [-0.05, 0) is 20.4 Å². The molecule has 0 saturated carbocycles. The Bertz CT molecular complexity index is 234. The van der Waals surface area contributed by atoms with Gasteiger partial charge in [0, 0.05) is 12.5 Å². The van der Waals surface area contributed by atoms with Gasteiger partial charge < -0.3 is 9.84 Å². The van der Waals surface area contributed by atoms with Crippen molar-refractivity contribution in [3.05, 3.63) is 11.7 Å². The summed E-state index contributed by atoms with van der Waals surface area (Å²) in [6, 6.07) is 0.398. The maximum absolute atomic E-state index is 4.98. The summed E-state index contributed by atoms with van der Waals surface area (Å²) >= 11 is 0. The predicted octanol–water partition coefficient (Wildman–Crippen LogP) is 0.919. The molecule has 0 aromatic carbocycles. The fourth-order valence-electron chi connectivity index (χ4n) is 1.11. The molecule has 0 aliphatic carbocycles. The van der Waals surface area contributed by atoms with E-state index >= 15 is 0 Å². The van der Waals surface area contributed by atoms with Crippen LogP contribution in [0, 0.1) is 6.92 Å². The fourth-order valence-corrected chi connectivity index (χ4v) is 1.11. The average Bonchev–Trinajstić information content (AvgIpc) is 2.36. The van der Waals surface area contributed by atoms with Crippen LogP contribution in [-0.2, 0) is 6.42 Å². The molecular formula is C8H15N3O. The number of aryl methyl sites for hydroxylation is 1. The Kier molecular flexibility index (Phi) is 3.22. The lowest BCUT2D eigenvalue weighted by atomic mass is 10.2. The van der Waals surface area contributed by atoms with Gasteiger partial charge in [0.05, 0.1) is 0 Å². The molecule has 12 heavy (non-hydrogen) atoms. The molecule has 1 N–H and O–H groups in total. The number of nitrogens with one attached hydrogen (secondary N) is 1. The summed E-state index contributed by atoms with van der Waals surface area (Å²) in [5.41, 5.74) is 0. The summed E-state index contributed by atoms with van der Waals surface area (Å²) < 4.78 is 4.98. The third-order valence-electron chi connectivity index (χ3n) is 1.60. The SMILES string of the molecule is CCN[C@H](C)Cc1nc(C)no1. The molecule has 0 aliphatic heterocycles. The minimum Gasteiger partial charge on any atom is -0.339 e. The molecule has 4 heteroatoms. The third-order valence-corrected chi connectivity index (χ3v) is 1.60. The van der Waals surface area contributed by atoms with E-state index in [9.17, 15) is 0 Å². The predicted molar refractivity (Wildman–Crippen MR) is 45.9 cm³/mol. The molecule has 0 bridgehead atoms. The second-order valence-electron chi connectivity index (χ2n) is 2.90. The van der Waals surface area contributed by atoms with Crippen molar-refractivity contribution in [2.75, 3.05) is 6.54 Å². The molecule has 4 nitrogen and oxygen atoms in total. The van der Waals surface area contributed by atoms with Crippen LogP contribution in [0.1, 0.15) is 25.6 Å². The van der Waals surface area contributed by atoms with Crippen molar-refractivity contribution in [3.63, 3.8) is 0 Å². The molecule has 0 spiro atoms. The Morgan fingerprint density at radius 1 is 1.58 bits per heavy atom. The van der Waals surface area contributed by atoms with Crippen molar-refractivity contribution in [1.29, 1.82) is 0 Å². The van der Waals surface area contributed by atoms with Crippen LogP contribution < -0.4 is 5.32 Å². The van der Waals surface area contributed by atoms with E-state index in [1.165, 1.54) is 0 Å². The molecule has 0 aliphatic rings. The monoisotopic (exact) mass is 169 g/mol. The number of rotatable bonds is 4. The first kappa shape index (κ1) is 9.19. The van der Waals surface area contributed by atoms with Gasteiger partial charge in [-0.1, -0.05) is 12.1 Å². The average molecular weight is 169 g/mol. The number of nitrogens with zero attached hydrogens (tertiary/aromatic N) is 2. The second-order valence-corrected chi connectivity index (χ2v) is 2.90. The van der Waals surface area contributed by atoms with Crippen LogP contribution in [0.5, 0.6) is 0 Å². The number of hydrogen-bond donors (Lipinski definition) is 1. The van der Waals surface area contributed by atoms with E-state index in [1.807, 2.05) is 6.92 Å². The van der Waals surface area contributed by atoms with Crippen LogP contribution in [0.4, 0.5) is 0 Å². The minimum atomic E-state index is 0.398. The Morgan fingerprint density at radius 3 is 2.83 bits per heavy atom. The molecule has 1 rings (SSSR count). The molecule has 1 heterocycles. The fraction of sp³-hybridized carbons (Fsp3) is 0.750. The zero-order valence-corrected chi connectivity index (χ0v) is 7.79. The smallest absolute Gasteiger partial charge is 0.228 e. The standard InChI is InChI=1S/C8H15N3O/c1-4-9-6(2)5-8-10-7(3)11-12-8/h6,9H,4-5H2,1-3H3/t6-/m1/s1. The van der Waals surface area contributed by atoms with Gasteiger partial charge >= 0.3 is 0 Å². The lowest BCUT2D eigenvalue weighted by molar-refractivity contribution is 0.360. The molecule has 0 saturated heterocycles. The quantitative estimate of drug-likeness (QED) is 0.728. The van der Waals surface area contributed by atoms with E-state index in [4.69, 9.17) is 4.52 Å². The zero-order valence-electron chi connectivity index (χ0n) is 7.79. The van der Waals surface area contributed by atoms with E-state index in [0.717, 1.165) is 13.0 Å². The molecule has 1 aromatic rings. The van der Waals surface area contributed by atoms with Crippen molar-refractivity contribution in [1.82, 2.24) is 15.5 Å². The molecule has 1 atom stereocenters. The summed E-state index contributed by atoms with van der Waals surface area (Å²) in [5.74, 6) is 1.41. The summed E-state index contributed by atoms with van der Waals surface area (Å²) in [7, 11) is 0. The molecule has 0 fully saturated rings. The van der Waals surface area contributed by atoms with Gasteiger partial charge in [0.2, 0.25) is 5.89 Å². The van der Waals surface area contributed by atoms with Crippen molar-refractivity contribution in [2.45, 2.75) is 33.2 Å². The van der Waals surface area contributed by atoms with Gasteiger partial charge in [-0.25, -0.2) is 0 Å². The molecular weight excluding hydrogens is 154 g/mol. The zero-order chi connectivity index (χ0) is 8.97. The van der Waals surface area contributed by atoms with Gasteiger partial charge in [0.25, 0.3) is 0 Å². The number of aromatic nitrogens is 2. The van der Waals surface area contributed by atoms with Crippen LogP contribution in [0.15, 0.2) is 4.52 Å². The van der Waals surface area contributed by atoms with Crippen LogP contribution in [-0.4, -0.2) is 22.7 Å².